The topological polar surface area (TPSA) is 38.3 Å². The van der Waals surface area contributed by atoms with Gasteiger partial charge in [-0.2, -0.15) is 0 Å². The van der Waals surface area contributed by atoms with Crippen molar-refractivity contribution < 1.29 is 9.53 Å². The van der Waals surface area contributed by atoms with Gasteiger partial charge >= 0.3 is 6.09 Å². The smallest absolute Gasteiger partial charge is 0.408 e. The lowest BCUT2D eigenvalue weighted by molar-refractivity contribution is 0.0514. The van der Waals surface area contributed by atoms with Gasteiger partial charge in [-0.05, 0) is 31.9 Å². The second-order valence-corrected chi connectivity index (χ2v) is 5.11. The Kier molecular flexibility index (Phi) is 2.92. The fraction of sp³-hybridized carbons (Fsp3) is 0.357. The lowest BCUT2D eigenvalue weighted by atomic mass is 10.1. The quantitative estimate of drug-likeness (QED) is 0.805. The van der Waals surface area contributed by atoms with E-state index >= 15 is 0 Å². The maximum Gasteiger partial charge on any atom is 0.408 e. The van der Waals surface area contributed by atoms with Gasteiger partial charge in [-0.25, -0.2) is 4.79 Å². The van der Waals surface area contributed by atoms with Crippen LogP contribution in [-0.4, -0.2) is 11.7 Å². The Morgan fingerprint density at radius 1 is 1.29 bits per heavy atom. The summed E-state index contributed by atoms with van der Waals surface area (Å²) in [4.78, 5) is 11.7. The predicted molar refractivity (Wildman–Crippen MR) is 67.6 cm³/mol. The van der Waals surface area contributed by atoms with E-state index < -0.39 is 5.60 Å². The summed E-state index contributed by atoms with van der Waals surface area (Å²) in [7, 11) is 0. The van der Waals surface area contributed by atoms with Gasteiger partial charge in [0.15, 0.2) is 0 Å². The summed E-state index contributed by atoms with van der Waals surface area (Å²) < 4.78 is 5.23. The number of hydrogen-bond donors (Lipinski definition) is 1. The average Bonchev–Trinajstić information content (AvgIpc) is 2.59. The van der Waals surface area contributed by atoms with E-state index in [-0.39, 0.29) is 12.1 Å². The van der Waals surface area contributed by atoms with Gasteiger partial charge in [0.25, 0.3) is 0 Å². The Morgan fingerprint density at radius 2 is 2.00 bits per heavy atom. The molecular formula is C14H17NO2. The van der Waals surface area contributed by atoms with Crippen LogP contribution in [0.3, 0.4) is 0 Å². The van der Waals surface area contributed by atoms with Crippen molar-refractivity contribution in [3.8, 4) is 0 Å². The van der Waals surface area contributed by atoms with Gasteiger partial charge in [0.1, 0.15) is 5.60 Å². The van der Waals surface area contributed by atoms with Crippen LogP contribution in [0.2, 0.25) is 0 Å². The molecule has 1 aliphatic rings. The van der Waals surface area contributed by atoms with Crippen molar-refractivity contribution in [3.63, 3.8) is 0 Å². The molecule has 1 atom stereocenters. The van der Waals surface area contributed by atoms with Crippen molar-refractivity contribution in [2.75, 3.05) is 0 Å². The molecule has 3 nitrogen and oxygen atoms in total. The van der Waals surface area contributed by atoms with Crippen LogP contribution in [0.25, 0.3) is 6.08 Å². The highest BCUT2D eigenvalue weighted by atomic mass is 16.6. The van der Waals surface area contributed by atoms with E-state index in [1.54, 1.807) is 0 Å². The maximum atomic E-state index is 11.7. The molecule has 0 aromatic heterocycles. The van der Waals surface area contributed by atoms with Crippen molar-refractivity contribution in [2.24, 2.45) is 0 Å². The molecule has 0 bridgehead atoms. The van der Waals surface area contributed by atoms with Crippen LogP contribution in [-0.2, 0) is 4.74 Å². The lowest BCUT2D eigenvalue weighted by Gasteiger charge is -2.21. The van der Waals surface area contributed by atoms with Crippen LogP contribution in [0.4, 0.5) is 4.79 Å². The van der Waals surface area contributed by atoms with Crippen LogP contribution >= 0.6 is 0 Å². The summed E-state index contributed by atoms with van der Waals surface area (Å²) >= 11 is 0. The highest BCUT2D eigenvalue weighted by Crippen LogP contribution is 2.27. The second-order valence-electron chi connectivity index (χ2n) is 5.11. The molecule has 0 radical (unpaired) electrons. The zero-order chi connectivity index (χ0) is 12.5. The molecule has 1 N–H and O–H groups in total. The van der Waals surface area contributed by atoms with Crippen molar-refractivity contribution in [3.05, 3.63) is 41.5 Å². The molecular weight excluding hydrogens is 214 g/mol. The van der Waals surface area contributed by atoms with E-state index in [1.807, 2.05) is 57.2 Å². The first-order chi connectivity index (χ1) is 7.96. The molecule has 0 aliphatic heterocycles. The Balaban J connectivity index is 2.03. The largest absolute Gasteiger partial charge is 0.444 e. The lowest BCUT2D eigenvalue weighted by Crippen LogP contribution is -2.34. The number of hydrogen-bond acceptors (Lipinski definition) is 2. The highest BCUT2D eigenvalue weighted by Gasteiger charge is 2.22. The van der Waals surface area contributed by atoms with Gasteiger partial charge in [0.2, 0.25) is 0 Å². The molecule has 90 valence electrons. The summed E-state index contributed by atoms with van der Waals surface area (Å²) in [6, 6.07) is 7.91. The van der Waals surface area contributed by atoms with Gasteiger partial charge < -0.3 is 10.1 Å². The van der Waals surface area contributed by atoms with Crippen LogP contribution in [0.15, 0.2) is 30.3 Å². The van der Waals surface area contributed by atoms with Crippen LogP contribution in [0.1, 0.15) is 37.9 Å². The molecule has 3 heteroatoms. The van der Waals surface area contributed by atoms with Crippen LogP contribution in [0, 0.1) is 0 Å². The number of carbonyl (C=O) groups is 1. The summed E-state index contributed by atoms with van der Waals surface area (Å²) in [6.07, 6.45) is 3.59. The van der Waals surface area contributed by atoms with Crippen LogP contribution in [0.5, 0.6) is 0 Å². The van der Waals surface area contributed by atoms with Crippen molar-refractivity contribution in [2.45, 2.75) is 32.4 Å². The van der Waals surface area contributed by atoms with Gasteiger partial charge in [0.05, 0.1) is 6.04 Å². The minimum absolute atomic E-state index is 0.0824. The Bertz CT molecular complexity index is 458. The van der Waals surface area contributed by atoms with Crippen molar-refractivity contribution in [1.29, 1.82) is 0 Å². The number of rotatable bonds is 1. The monoisotopic (exact) mass is 231 g/mol. The van der Waals surface area contributed by atoms with Gasteiger partial charge in [-0.1, -0.05) is 36.4 Å². The summed E-state index contributed by atoms with van der Waals surface area (Å²) in [5.74, 6) is 0. The zero-order valence-corrected chi connectivity index (χ0v) is 10.4. The van der Waals surface area contributed by atoms with E-state index in [4.69, 9.17) is 4.74 Å². The second kappa shape index (κ2) is 4.24. The Labute approximate surface area is 101 Å². The fourth-order valence-corrected chi connectivity index (χ4v) is 1.81. The first kappa shape index (κ1) is 11.7. The molecule has 0 fully saturated rings. The minimum Gasteiger partial charge on any atom is -0.444 e. The van der Waals surface area contributed by atoms with Gasteiger partial charge in [0, 0.05) is 0 Å². The minimum atomic E-state index is -0.466. The third-order valence-corrected chi connectivity index (χ3v) is 2.47. The molecule has 1 unspecified atom stereocenters. The van der Waals surface area contributed by atoms with E-state index in [1.165, 1.54) is 0 Å². The number of nitrogens with one attached hydrogen (secondary N) is 1. The molecule has 2 rings (SSSR count). The van der Waals surface area contributed by atoms with E-state index in [2.05, 4.69) is 5.32 Å². The molecule has 1 aliphatic carbocycles. The molecule has 17 heavy (non-hydrogen) atoms. The average molecular weight is 231 g/mol. The normalized spacial score (nSPS) is 17.7. The number of carbonyl (C=O) groups excluding carboxylic acids is 1. The maximum absolute atomic E-state index is 11.7. The number of benzene rings is 1. The summed E-state index contributed by atoms with van der Waals surface area (Å²) in [5.41, 5.74) is 1.79. The molecule has 1 aromatic carbocycles. The number of alkyl carbamates (subject to hydrolysis) is 1. The Hall–Kier alpha value is -1.77. The fourth-order valence-electron chi connectivity index (χ4n) is 1.81. The van der Waals surface area contributed by atoms with E-state index in [0.717, 1.165) is 11.1 Å². The van der Waals surface area contributed by atoms with Gasteiger partial charge in [-0.3, -0.25) is 0 Å². The van der Waals surface area contributed by atoms with E-state index in [9.17, 15) is 4.79 Å². The molecule has 1 amide bonds. The molecule has 0 saturated heterocycles. The molecule has 0 heterocycles. The standard InChI is InChI=1S/C14H17NO2/c1-14(2,3)17-13(16)15-12-9-8-10-6-4-5-7-11(10)12/h4-9,12H,1-3H3,(H,15,16). The molecule has 0 saturated carbocycles. The van der Waals surface area contributed by atoms with Crippen molar-refractivity contribution in [1.82, 2.24) is 5.32 Å². The predicted octanol–water partition coefficient (Wildman–Crippen LogP) is 3.28. The molecule has 1 aromatic rings. The summed E-state index contributed by atoms with van der Waals surface area (Å²) in [6.45, 7) is 5.56. The first-order valence-corrected chi connectivity index (χ1v) is 5.72. The third-order valence-electron chi connectivity index (χ3n) is 2.47. The third kappa shape index (κ3) is 2.87. The first-order valence-electron chi connectivity index (χ1n) is 5.72. The molecule has 0 spiro atoms. The Morgan fingerprint density at radius 3 is 2.71 bits per heavy atom. The summed E-state index contributed by atoms with van der Waals surface area (Å²) in [5, 5.41) is 2.84. The van der Waals surface area contributed by atoms with Crippen LogP contribution < -0.4 is 5.32 Å². The van der Waals surface area contributed by atoms with E-state index in [0.29, 0.717) is 0 Å². The number of ether oxygens (including phenoxy) is 1. The number of amides is 1. The van der Waals surface area contributed by atoms with Crippen molar-refractivity contribution >= 4 is 12.2 Å². The zero-order valence-electron chi connectivity index (χ0n) is 10.4. The number of fused-ring (bicyclic) bond motifs is 1. The highest BCUT2D eigenvalue weighted by molar-refractivity contribution is 5.71. The van der Waals surface area contributed by atoms with Gasteiger partial charge in [-0.15, -0.1) is 0 Å². The SMILES string of the molecule is CC(C)(C)OC(=O)NC1C=Cc2ccccc21.